The lowest BCUT2D eigenvalue weighted by Crippen LogP contribution is -2.22. The minimum absolute atomic E-state index is 0.184. The molecule has 0 amide bonds. The lowest BCUT2D eigenvalue weighted by atomic mass is 10.0. The summed E-state index contributed by atoms with van der Waals surface area (Å²) in [5, 5.41) is 3.24. The van der Waals surface area contributed by atoms with Gasteiger partial charge in [-0.25, -0.2) is 9.97 Å². The van der Waals surface area contributed by atoms with Gasteiger partial charge in [0.1, 0.15) is 12.1 Å². The van der Waals surface area contributed by atoms with E-state index in [1.165, 1.54) is 18.5 Å². The number of hydrogen-bond donors (Lipinski definition) is 1. The van der Waals surface area contributed by atoms with Gasteiger partial charge in [0.2, 0.25) is 0 Å². The second-order valence-corrected chi connectivity index (χ2v) is 4.28. The van der Waals surface area contributed by atoms with E-state index >= 15 is 0 Å². The zero-order chi connectivity index (χ0) is 15.3. The number of nitrogens with one attached hydrogen (secondary N) is 1. The normalized spacial score (nSPS) is 13.0. The molecule has 21 heavy (non-hydrogen) atoms. The second-order valence-electron chi connectivity index (χ2n) is 4.28. The van der Waals surface area contributed by atoms with Crippen LogP contribution in [0.3, 0.4) is 0 Å². The molecule has 2 aromatic rings. The SMILES string of the molecule is CCNC(c1ccc(OC(F)(F)F)cc1)c1cncnc1. The van der Waals surface area contributed by atoms with Crippen LogP contribution in [0.5, 0.6) is 5.75 Å². The lowest BCUT2D eigenvalue weighted by molar-refractivity contribution is -0.274. The van der Waals surface area contributed by atoms with Gasteiger partial charge in [-0.15, -0.1) is 13.2 Å². The van der Waals surface area contributed by atoms with Gasteiger partial charge in [0.05, 0.1) is 6.04 Å². The van der Waals surface area contributed by atoms with Gasteiger partial charge in [-0.2, -0.15) is 0 Å². The monoisotopic (exact) mass is 297 g/mol. The second kappa shape index (κ2) is 6.53. The summed E-state index contributed by atoms with van der Waals surface area (Å²) in [5.74, 6) is -0.245. The van der Waals surface area contributed by atoms with Crippen LogP contribution >= 0.6 is 0 Å². The fourth-order valence-corrected chi connectivity index (χ4v) is 1.95. The number of aromatic nitrogens is 2. The van der Waals surface area contributed by atoms with Crippen LogP contribution in [0.25, 0.3) is 0 Å². The van der Waals surface area contributed by atoms with Gasteiger partial charge in [-0.3, -0.25) is 0 Å². The van der Waals surface area contributed by atoms with E-state index in [4.69, 9.17) is 0 Å². The van der Waals surface area contributed by atoms with Crippen LogP contribution in [0.1, 0.15) is 24.1 Å². The van der Waals surface area contributed by atoms with Crippen molar-refractivity contribution >= 4 is 0 Å². The van der Waals surface area contributed by atoms with Crippen LogP contribution in [0, 0.1) is 0 Å². The minimum Gasteiger partial charge on any atom is -0.406 e. The van der Waals surface area contributed by atoms with Crippen LogP contribution in [0.2, 0.25) is 0 Å². The van der Waals surface area contributed by atoms with E-state index in [9.17, 15) is 13.2 Å². The van der Waals surface area contributed by atoms with Crippen molar-refractivity contribution in [3.8, 4) is 5.75 Å². The maximum atomic E-state index is 12.1. The summed E-state index contributed by atoms with van der Waals surface area (Å²) in [6.45, 7) is 2.64. The molecular formula is C14H14F3N3O. The predicted octanol–water partition coefficient (Wildman–Crippen LogP) is 3.07. The van der Waals surface area contributed by atoms with E-state index in [0.29, 0.717) is 6.54 Å². The molecule has 0 fully saturated rings. The van der Waals surface area contributed by atoms with E-state index in [2.05, 4.69) is 20.0 Å². The first-order chi connectivity index (χ1) is 9.99. The molecule has 0 aliphatic heterocycles. The molecule has 1 atom stereocenters. The Kier molecular flexibility index (Phi) is 4.74. The number of ether oxygens (including phenoxy) is 1. The highest BCUT2D eigenvalue weighted by Crippen LogP contribution is 2.26. The fourth-order valence-electron chi connectivity index (χ4n) is 1.95. The van der Waals surface area contributed by atoms with Crippen LogP contribution < -0.4 is 10.1 Å². The summed E-state index contributed by atoms with van der Waals surface area (Å²) in [4.78, 5) is 7.91. The molecule has 112 valence electrons. The Morgan fingerprint density at radius 1 is 1.10 bits per heavy atom. The molecule has 1 unspecified atom stereocenters. The average molecular weight is 297 g/mol. The zero-order valence-corrected chi connectivity index (χ0v) is 11.3. The minimum atomic E-state index is -4.68. The third-order valence-corrected chi connectivity index (χ3v) is 2.77. The maximum Gasteiger partial charge on any atom is 0.573 e. The highest BCUT2D eigenvalue weighted by atomic mass is 19.4. The third-order valence-electron chi connectivity index (χ3n) is 2.77. The topological polar surface area (TPSA) is 47.0 Å². The molecule has 2 rings (SSSR count). The molecule has 1 N–H and O–H groups in total. The molecular weight excluding hydrogens is 283 g/mol. The molecule has 0 bridgehead atoms. The van der Waals surface area contributed by atoms with E-state index in [1.807, 2.05) is 6.92 Å². The molecule has 7 heteroatoms. The predicted molar refractivity (Wildman–Crippen MR) is 70.7 cm³/mol. The summed E-state index contributed by atoms with van der Waals surface area (Å²) in [6.07, 6.45) is 0.0730. The Bertz CT molecular complexity index is 558. The molecule has 0 saturated carbocycles. The van der Waals surface area contributed by atoms with Crippen molar-refractivity contribution in [2.45, 2.75) is 19.3 Å². The molecule has 1 aromatic carbocycles. The number of rotatable bonds is 5. The average Bonchev–Trinajstić information content (AvgIpc) is 2.45. The van der Waals surface area contributed by atoms with E-state index in [0.717, 1.165) is 11.1 Å². The molecule has 0 aliphatic carbocycles. The number of halogens is 3. The van der Waals surface area contributed by atoms with Crippen molar-refractivity contribution in [2.75, 3.05) is 6.54 Å². The van der Waals surface area contributed by atoms with Gasteiger partial charge in [0.15, 0.2) is 0 Å². The first-order valence-corrected chi connectivity index (χ1v) is 6.33. The molecule has 0 saturated heterocycles. The van der Waals surface area contributed by atoms with E-state index < -0.39 is 6.36 Å². The highest BCUT2D eigenvalue weighted by molar-refractivity contribution is 5.34. The summed E-state index contributed by atoms with van der Waals surface area (Å²) in [7, 11) is 0. The van der Waals surface area contributed by atoms with E-state index in [-0.39, 0.29) is 11.8 Å². The van der Waals surface area contributed by atoms with Gasteiger partial charge in [-0.05, 0) is 24.2 Å². The Balaban J connectivity index is 2.22. The standard InChI is InChI=1S/C14H14F3N3O/c1-2-20-13(11-7-18-9-19-8-11)10-3-5-12(6-4-10)21-14(15,16)17/h3-9,13,20H,2H2,1H3. The molecule has 0 aliphatic rings. The molecule has 0 spiro atoms. The number of hydrogen-bond acceptors (Lipinski definition) is 4. The van der Waals surface area contributed by atoms with Crippen molar-refractivity contribution in [3.63, 3.8) is 0 Å². The van der Waals surface area contributed by atoms with Crippen molar-refractivity contribution in [3.05, 3.63) is 54.1 Å². The van der Waals surface area contributed by atoms with Crippen molar-refractivity contribution in [1.82, 2.24) is 15.3 Å². The Hall–Kier alpha value is -2.15. The van der Waals surface area contributed by atoms with E-state index in [1.54, 1.807) is 24.5 Å². The Morgan fingerprint density at radius 2 is 1.71 bits per heavy atom. The number of benzene rings is 1. The molecule has 0 radical (unpaired) electrons. The summed E-state index contributed by atoms with van der Waals surface area (Å²) >= 11 is 0. The van der Waals surface area contributed by atoms with Crippen molar-refractivity contribution in [2.24, 2.45) is 0 Å². The smallest absolute Gasteiger partial charge is 0.406 e. The Morgan fingerprint density at radius 3 is 2.24 bits per heavy atom. The highest BCUT2D eigenvalue weighted by Gasteiger charge is 2.31. The van der Waals surface area contributed by atoms with Gasteiger partial charge >= 0.3 is 6.36 Å². The van der Waals surface area contributed by atoms with Crippen LogP contribution in [-0.2, 0) is 0 Å². The fraction of sp³-hybridized carbons (Fsp3) is 0.286. The Labute approximate surface area is 120 Å². The molecule has 1 heterocycles. The molecule has 4 nitrogen and oxygen atoms in total. The van der Waals surface area contributed by atoms with Crippen molar-refractivity contribution < 1.29 is 17.9 Å². The lowest BCUT2D eigenvalue weighted by Gasteiger charge is -2.18. The quantitative estimate of drug-likeness (QED) is 0.921. The van der Waals surface area contributed by atoms with Gasteiger partial charge in [-0.1, -0.05) is 19.1 Å². The summed E-state index contributed by atoms with van der Waals surface area (Å²) in [5.41, 5.74) is 1.64. The maximum absolute atomic E-state index is 12.1. The van der Waals surface area contributed by atoms with Crippen LogP contribution in [0.4, 0.5) is 13.2 Å². The van der Waals surface area contributed by atoms with Crippen LogP contribution in [0.15, 0.2) is 43.0 Å². The molecule has 1 aromatic heterocycles. The van der Waals surface area contributed by atoms with Gasteiger partial charge in [0.25, 0.3) is 0 Å². The number of alkyl halides is 3. The first kappa shape index (κ1) is 15.2. The van der Waals surface area contributed by atoms with Gasteiger partial charge in [0, 0.05) is 18.0 Å². The number of nitrogens with zero attached hydrogens (tertiary/aromatic N) is 2. The first-order valence-electron chi connectivity index (χ1n) is 6.33. The zero-order valence-electron chi connectivity index (χ0n) is 11.3. The summed E-state index contributed by atoms with van der Waals surface area (Å²) in [6, 6.07) is 5.56. The third kappa shape index (κ3) is 4.42. The van der Waals surface area contributed by atoms with Gasteiger partial charge < -0.3 is 10.1 Å². The summed E-state index contributed by atoms with van der Waals surface area (Å²) < 4.78 is 40.3. The largest absolute Gasteiger partial charge is 0.573 e. The van der Waals surface area contributed by atoms with Crippen LogP contribution in [-0.4, -0.2) is 22.9 Å². The van der Waals surface area contributed by atoms with Crippen molar-refractivity contribution in [1.29, 1.82) is 0 Å².